The van der Waals surface area contributed by atoms with Gasteiger partial charge in [-0.3, -0.25) is 0 Å². The molecule has 0 aromatic heterocycles. The molecule has 1 aliphatic carbocycles. The van der Waals surface area contributed by atoms with Gasteiger partial charge in [0.25, 0.3) is 0 Å². The predicted molar refractivity (Wildman–Crippen MR) is 104 cm³/mol. The van der Waals surface area contributed by atoms with Crippen molar-refractivity contribution < 1.29 is 0 Å². The Hall–Kier alpha value is 0.779. The van der Waals surface area contributed by atoms with E-state index in [0.717, 1.165) is 35.8 Å². The first-order chi connectivity index (χ1) is 10.9. The van der Waals surface area contributed by atoms with Gasteiger partial charge >= 0.3 is 153 Å². The van der Waals surface area contributed by atoms with Crippen LogP contribution in [0.3, 0.4) is 0 Å². The molecule has 1 fully saturated rings. The fraction of sp³-hybridized carbons (Fsp3) is 0.900. The number of allylic oxidation sites excluding steroid dienone is 1. The Bertz CT molecular complexity index is 267. The van der Waals surface area contributed by atoms with Crippen molar-refractivity contribution in [3.05, 3.63) is 9.45 Å². The van der Waals surface area contributed by atoms with E-state index in [2.05, 4.69) is 18.8 Å². The van der Waals surface area contributed by atoms with E-state index in [-0.39, 0.29) is 0 Å². The summed E-state index contributed by atoms with van der Waals surface area (Å²) in [4.78, 5) is 2.76. The van der Waals surface area contributed by atoms with E-state index in [0.29, 0.717) is 0 Å². The molecule has 0 radical (unpaired) electrons. The second kappa shape index (κ2) is 15.3. The average Bonchev–Trinajstić information content (AvgIpc) is 2.56. The van der Waals surface area contributed by atoms with Gasteiger partial charge in [0.1, 0.15) is 0 Å². The fourth-order valence-corrected chi connectivity index (χ4v) is 8.72. The molecule has 0 aromatic carbocycles. The van der Waals surface area contributed by atoms with E-state index in [1.54, 1.807) is 0 Å². The normalized spacial score (nSPS) is 17.1. The molecule has 0 spiro atoms. The topological polar surface area (TPSA) is 0 Å². The van der Waals surface area contributed by atoms with Gasteiger partial charge in [-0.1, -0.05) is 0 Å². The molecule has 0 aliphatic heterocycles. The molecule has 0 amide bonds. The average molecular weight is 436 g/mol. The Morgan fingerprint density at radius 1 is 0.818 bits per heavy atom. The van der Waals surface area contributed by atoms with Crippen LogP contribution in [0.25, 0.3) is 0 Å². The molecule has 0 bridgehead atoms. The van der Waals surface area contributed by atoms with Crippen LogP contribution in [0, 0.1) is 5.92 Å². The van der Waals surface area contributed by atoms with E-state index in [9.17, 15) is 0 Å². The van der Waals surface area contributed by atoms with Gasteiger partial charge < -0.3 is 0 Å². The molecule has 22 heavy (non-hydrogen) atoms. The van der Waals surface area contributed by atoms with Gasteiger partial charge in [-0.2, -0.15) is 0 Å². The van der Waals surface area contributed by atoms with Crippen molar-refractivity contribution in [2.75, 3.05) is 0 Å². The molecule has 0 aromatic rings. The fourth-order valence-electron chi connectivity index (χ4n) is 3.11. The van der Waals surface area contributed by atoms with Crippen molar-refractivity contribution in [2.45, 2.75) is 108 Å². The van der Waals surface area contributed by atoms with Crippen molar-refractivity contribution in [3.8, 4) is 0 Å². The first kappa shape index (κ1) is 20.8. The molecule has 1 aliphatic rings. The molecule has 0 saturated heterocycles. The summed E-state index contributed by atoms with van der Waals surface area (Å²) in [6.45, 7) is 4.63. The molecule has 0 unspecified atom stereocenters. The molecular weight excluding hydrogens is 398 g/mol. The third-order valence-electron chi connectivity index (χ3n) is 4.59. The molecular formula is C20H38Se2. The Morgan fingerprint density at radius 3 is 2.09 bits per heavy atom. The van der Waals surface area contributed by atoms with Gasteiger partial charge in [0.05, 0.1) is 0 Å². The summed E-state index contributed by atoms with van der Waals surface area (Å²) >= 11 is 1.62. The van der Waals surface area contributed by atoms with Crippen molar-refractivity contribution >= 4 is 29.9 Å². The Morgan fingerprint density at radius 2 is 1.45 bits per heavy atom. The molecule has 0 heterocycles. The molecule has 1 rings (SSSR count). The number of hydrogen-bond acceptors (Lipinski definition) is 0. The number of hydrogen-bond donors (Lipinski definition) is 0. The predicted octanol–water partition coefficient (Wildman–Crippen LogP) is 6.81. The second-order valence-electron chi connectivity index (χ2n) is 6.70. The summed E-state index contributed by atoms with van der Waals surface area (Å²) in [5.74, 6) is 0.998. The van der Waals surface area contributed by atoms with Crippen LogP contribution in [-0.2, 0) is 0 Å². The summed E-state index contributed by atoms with van der Waals surface area (Å²) in [5.41, 5.74) is 0. The first-order valence-electron chi connectivity index (χ1n) is 9.83. The molecule has 1 saturated carbocycles. The zero-order valence-electron chi connectivity index (χ0n) is 15.1. The molecule has 0 N–H and O–H groups in total. The number of rotatable bonds is 13. The molecule has 2 heteroatoms. The van der Waals surface area contributed by atoms with Gasteiger partial charge in [-0.15, -0.1) is 0 Å². The van der Waals surface area contributed by atoms with E-state index >= 15 is 0 Å². The maximum absolute atomic E-state index is 2.76. The van der Waals surface area contributed by atoms with E-state index in [4.69, 9.17) is 0 Å². The van der Waals surface area contributed by atoms with Crippen LogP contribution in [0.15, 0.2) is 9.45 Å². The van der Waals surface area contributed by atoms with Crippen LogP contribution in [0.2, 0.25) is 10.6 Å². The van der Waals surface area contributed by atoms with Crippen LogP contribution in [0.1, 0.15) is 97.3 Å². The Labute approximate surface area is 153 Å². The number of unbranched alkanes of at least 4 members (excludes halogenated alkanes) is 6. The molecule has 0 nitrogen and oxygen atoms in total. The SMILES string of the molecule is CCCCCC[Se]/C=C(\[Se]CCCCCC)C1CCCCC1. The maximum atomic E-state index is 2.76. The van der Waals surface area contributed by atoms with Crippen LogP contribution in [-0.4, -0.2) is 29.9 Å². The summed E-state index contributed by atoms with van der Waals surface area (Å²) in [6.07, 6.45) is 19.0. The van der Waals surface area contributed by atoms with Crippen LogP contribution < -0.4 is 0 Å². The summed E-state index contributed by atoms with van der Waals surface area (Å²) in [5, 5.41) is 3.01. The Kier molecular flexibility index (Phi) is 14.5. The van der Waals surface area contributed by atoms with Crippen LogP contribution >= 0.6 is 0 Å². The van der Waals surface area contributed by atoms with E-state index < -0.39 is 0 Å². The molecule has 130 valence electrons. The monoisotopic (exact) mass is 438 g/mol. The van der Waals surface area contributed by atoms with Crippen molar-refractivity contribution in [3.63, 3.8) is 0 Å². The first-order valence-corrected chi connectivity index (χ1v) is 14.1. The summed E-state index contributed by atoms with van der Waals surface area (Å²) in [7, 11) is 0. The Balaban J connectivity index is 2.29. The minimum absolute atomic E-state index is 0.797. The van der Waals surface area contributed by atoms with Gasteiger partial charge in [0.2, 0.25) is 0 Å². The summed E-state index contributed by atoms with van der Waals surface area (Å²) in [6, 6.07) is 0. The standard InChI is InChI=1S/C20H38Se2/c1-3-5-7-12-16-21-18-20(19-14-10-9-11-15-19)22-17-13-8-6-4-2/h18-19H,3-17H2,1-2H3/b20-18-. The van der Waals surface area contributed by atoms with Crippen molar-refractivity contribution in [1.82, 2.24) is 0 Å². The zero-order valence-corrected chi connectivity index (χ0v) is 18.5. The quantitative estimate of drug-likeness (QED) is 0.220. The second-order valence-corrected chi connectivity index (χ2v) is 11.2. The molecule has 0 atom stereocenters. The van der Waals surface area contributed by atoms with Gasteiger partial charge in [-0.05, 0) is 0 Å². The van der Waals surface area contributed by atoms with E-state index in [1.807, 2.05) is 4.47 Å². The third-order valence-corrected chi connectivity index (χ3v) is 10.0. The van der Waals surface area contributed by atoms with Crippen LogP contribution in [0.4, 0.5) is 0 Å². The van der Waals surface area contributed by atoms with Crippen molar-refractivity contribution in [1.29, 1.82) is 0 Å². The van der Waals surface area contributed by atoms with Gasteiger partial charge in [0.15, 0.2) is 0 Å². The summed E-state index contributed by atoms with van der Waals surface area (Å²) < 4.78 is 1.94. The third kappa shape index (κ3) is 10.5. The van der Waals surface area contributed by atoms with Gasteiger partial charge in [-0.25, -0.2) is 0 Å². The van der Waals surface area contributed by atoms with Crippen molar-refractivity contribution in [2.24, 2.45) is 5.92 Å². The van der Waals surface area contributed by atoms with Gasteiger partial charge in [0, 0.05) is 0 Å². The van der Waals surface area contributed by atoms with Crippen LogP contribution in [0.5, 0.6) is 0 Å². The zero-order chi connectivity index (χ0) is 15.9. The minimum atomic E-state index is 0.797. The van der Waals surface area contributed by atoms with E-state index in [1.165, 1.54) is 94.1 Å².